The molecule has 1 heterocycles. The Morgan fingerprint density at radius 2 is 1.84 bits per heavy atom. The standard InChI is InChI=1S/C17H22N2/c1-12-10-19(11-17(12)18)13(2)15-9-5-7-14-6-3-4-8-16(14)15/h3-9,12-13,17H,10-11,18H2,1-2H3. The predicted octanol–water partition coefficient (Wildman–Crippen LogP) is 3.18. The van der Waals surface area contributed by atoms with Crippen molar-refractivity contribution in [2.75, 3.05) is 13.1 Å². The maximum Gasteiger partial charge on any atom is 0.0326 e. The molecule has 0 radical (unpaired) electrons. The van der Waals surface area contributed by atoms with Gasteiger partial charge in [-0.25, -0.2) is 0 Å². The highest BCUT2D eigenvalue weighted by Gasteiger charge is 2.30. The summed E-state index contributed by atoms with van der Waals surface area (Å²) in [6.45, 7) is 6.66. The molecule has 0 aliphatic carbocycles. The molecule has 2 heteroatoms. The Bertz CT molecular complexity index is 563. The van der Waals surface area contributed by atoms with Gasteiger partial charge in [0.25, 0.3) is 0 Å². The van der Waals surface area contributed by atoms with E-state index in [1.165, 1.54) is 16.3 Å². The molecule has 100 valence electrons. The van der Waals surface area contributed by atoms with E-state index < -0.39 is 0 Å². The molecule has 2 nitrogen and oxygen atoms in total. The first-order valence-electron chi connectivity index (χ1n) is 7.14. The van der Waals surface area contributed by atoms with Crippen LogP contribution in [0.4, 0.5) is 0 Å². The molecule has 2 aromatic rings. The summed E-state index contributed by atoms with van der Waals surface area (Å²) in [4.78, 5) is 2.51. The third-order valence-electron chi connectivity index (χ3n) is 4.52. The lowest BCUT2D eigenvalue weighted by Gasteiger charge is -2.25. The number of likely N-dealkylation sites (tertiary alicyclic amines) is 1. The van der Waals surface area contributed by atoms with Crippen LogP contribution in [-0.4, -0.2) is 24.0 Å². The fourth-order valence-corrected chi connectivity index (χ4v) is 3.16. The van der Waals surface area contributed by atoms with Crippen LogP contribution in [0.1, 0.15) is 25.5 Å². The zero-order valence-corrected chi connectivity index (χ0v) is 11.7. The van der Waals surface area contributed by atoms with Gasteiger partial charge in [-0.1, -0.05) is 49.4 Å². The van der Waals surface area contributed by atoms with E-state index in [2.05, 4.69) is 61.2 Å². The molecular formula is C17H22N2. The average molecular weight is 254 g/mol. The topological polar surface area (TPSA) is 29.3 Å². The molecule has 0 bridgehead atoms. The molecule has 0 saturated carbocycles. The molecule has 3 unspecified atom stereocenters. The van der Waals surface area contributed by atoms with Gasteiger partial charge in [-0.2, -0.15) is 0 Å². The number of benzene rings is 2. The van der Waals surface area contributed by atoms with E-state index in [0.29, 0.717) is 18.0 Å². The van der Waals surface area contributed by atoms with Crippen molar-refractivity contribution in [3.8, 4) is 0 Å². The normalized spacial score (nSPS) is 25.8. The van der Waals surface area contributed by atoms with Gasteiger partial charge in [0.05, 0.1) is 0 Å². The molecule has 0 amide bonds. The summed E-state index contributed by atoms with van der Waals surface area (Å²) in [5.41, 5.74) is 7.57. The number of nitrogens with two attached hydrogens (primary N) is 1. The Morgan fingerprint density at radius 1 is 1.11 bits per heavy atom. The Labute approximate surface area is 115 Å². The van der Waals surface area contributed by atoms with E-state index in [0.717, 1.165) is 13.1 Å². The van der Waals surface area contributed by atoms with E-state index >= 15 is 0 Å². The maximum absolute atomic E-state index is 6.16. The fraction of sp³-hybridized carbons (Fsp3) is 0.412. The van der Waals surface area contributed by atoms with Gasteiger partial charge in [0.15, 0.2) is 0 Å². The molecule has 3 rings (SSSR count). The van der Waals surface area contributed by atoms with E-state index in [1.807, 2.05) is 0 Å². The Kier molecular flexibility index (Phi) is 3.29. The summed E-state index contributed by atoms with van der Waals surface area (Å²) in [7, 11) is 0. The zero-order valence-electron chi connectivity index (χ0n) is 11.7. The van der Waals surface area contributed by atoms with Crippen LogP contribution in [0.5, 0.6) is 0 Å². The largest absolute Gasteiger partial charge is 0.326 e. The zero-order chi connectivity index (χ0) is 13.4. The molecule has 3 atom stereocenters. The summed E-state index contributed by atoms with van der Waals surface area (Å²) < 4.78 is 0. The number of hydrogen-bond donors (Lipinski definition) is 1. The summed E-state index contributed by atoms with van der Waals surface area (Å²) in [5, 5.41) is 2.69. The molecule has 0 aromatic heterocycles. The Morgan fingerprint density at radius 3 is 2.58 bits per heavy atom. The number of rotatable bonds is 2. The maximum atomic E-state index is 6.16. The SMILES string of the molecule is CC1CN(C(C)c2cccc3ccccc23)CC1N. The summed E-state index contributed by atoms with van der Waals surface area (Å²) in [5.74, 6) is 0.595. The third-order valence-corrected chi connectivity index (χ3v) is 4.52. The van der Waals surface area contributed by atoms with Gasteiger partial charge < -0.3 is 5.73 Å². The van der Waals surface area contributed by atoms with Crippen LogP contribution in [0.3, 0.4) is 0 Å². The van der Waals surface area contributed by atoms with Gasteiger partial charge in [-0.15, -0.1) is 0 Å². The third kappa shape index (κ3) is 2.26. The van der Waals surface area contributed by atoms with Crippen LogP contribution in [-0.2, 0) is 0 Å². The highest BCUT2D eigenvalue weighted by molar-refractivity contribution is 5.86. The minimum Gasteiger partial charge on any atom is -0.326 e. The van der Waals surface area contributed by atoms with Gasteiger partial charge in [-0.3, -0.25) is 4.90 Å². The Balaban J connectivity index is 1.96. The lowest BCUT2D eigenvalue weighted by Crippen LogP contribution is -2.29. The fourth-order valence-electron chi connectivity index (χ4n) is 3.16. The molecule has 1 aliphatic heterocycles. The summed E-state index contributed by atoms with van der Waals surface area (Å²) >= 11 is 0. The number of nitrogens with zero attached hydrogens (tertiary/aromatic N) is 1. The second-order valence-corrected chi connectivity index (χ2v) is 5.84. The highest BCUT2D eigenvalue weighted by Crippen LogP contribution is 2.31. The lowest BCUT2D eigenvalue weighted by molar-refractivity contribution is 0.255. The van der Waals surface area contributed by atoms with Crippen molar-refractivity contribution < 1.29 is 0 Å². The van der Waals surface area contributed by atoms with Crippen molar-refractivity contribution in [1.29, 1.82) is 0 Å². The highest BCUT2D eigenvalue weighted by atomic mass is 15.2. The van der Waals surface area contributed by atoms with Crippen LogP contribution >= 0.6 is 0 Å². The van der Waals surface area contributed by atoms with Gasteiger partial charge >= 0.3 is 0 Å². The lowest BCUT2D eigenvalue weighted by atomic mass is 9.99. The van der Waals surface area contributed by atoms with Crippen molar-refractivity contribution in [3.05, 3.63) is 48.0 Å². The molecule has 2 aromatic carbocycles. The second kappa shape index (κ2) is 4.95. The molecule has 0 spiro atoms. The molecule has 2 N–H and O–H groups in total. The van der Waals surface area contributed by atoms with E-state index in [4.69, 9.17) is 5.73 Å². The molecular weight excluding hydrogens is 232 g/mol. The monoisotopic (exact) mass is 254 g/mol. The van der Waals surface area contributed by atoms with Crippen LogP contribution in [0.25, 0.3) is 10.8 Å². The van der Waals surface area contributed by atoms with Gasteiger partial charge in [0.1, 0.15) is 0 Å². The van der Waals surface area contributed by atoms with Crippen LogP contribution in [0.15, 0.2) is 42.5 Å². The smallest absolute Gasteiger partial charge is 0.0326 e. The molecule has 1 aliphatic rings. The Hall–Kier alpha value is -1.38. The van der Waals surface area contributed by atoms with Crippen LogP contribution in [0, 0.1) is 5.92 Å². The van der Waals surface area contributed by atoms with Crippen LogP contribution in [0.2, 0.25) is 0 Å². The van der Waals surface area contributed by atoms with Crippen molar-refractivity contribution >= 4 is 10.8 Å². The average Bonchev–Trinajstić information content (AvgIpc) is 2.77. The minimum absolute atomic E-state index is 0.317. The summed E-state index contributed by atoms with van der Waals surface area (Å²) in [6.07, 6.45) is 0. The van der Waals surface area contributed by atoms with Gasteiger partial charge in [0.2, 0.25) is 0 Å². The molecule has 1 saturated heterocycles. The number of fused-ring (bicyclic) bond motifs is 1. The van der Waals surface area contributed by atoms with E-state index in [9.17, 15) is 0 Å². The van der Waals surface area contributed by atoms with Crippen molar-refractivity contribution in [2.45, 2.75) is 25.9 Å². The van der Waals surface area contributed by atoms with Crippen molar-refractivity contribution in [3.63, 3.8) is 0 Å². The summed E-state index contributed by atoms with van der Waals surface area (Å²) in [6, 6.07) is 16.0. The van der Waals surface area contributed by atoms with Crippen LogP contribution < -0.4 is 5.73 Å². The molecule has 19 heavy (non-hydrogen) atoms. The predicted molar refractivity (Wildman–Crippen MR) is 81.1 cm³/mol. The number of hydrogen-bond acceptors (Lipinski definition) is 2. The molecule has 1 fully saturated rings. The second-order valence-electron chi connectivity index (χ2n) is 5.84. The minimum atomic E-state index is 0.317. The first-order chi connectivity index (χ1) is 9.16. The first-order valence-corrected chi connectivity index (χ1v) is 7.14. The van der Waals surface area contributed by atoms with E-state index in [1.54, 1.807) is 0 Å². The quantitative estimate of drug-likeness (QED) is 0.892. The first kappa shape index (κ1) is 12.6. The van der Waals surface area contributed by atoms with Crippen molar-refractivity contribution in [1.82, 2.24) is 4.90 Å². The van der Waals surface area contributed by atoms with E-state index in [-0.39, 0.29) is 0 Å². The van der Waals surface area contributed by atoms with Gasteiger partial charge in [-0.05, 0) is 29.2 Å². The van der Waals surface area contributed by atoms with Gasteiger partial charge in [0, 0.05) is 25.2 Å². The van der Waals surface area contributed by atoms with Crippen molar-refractivity contribution in [2.24, 2.45) is 11.7 Å².